The molecule has 0 aromatic carbocycles. The first-order valence-corrected chi connectivity index (χ1v) is 6.45. The summed E-state index contributed by atoms with van der Waals surface area (Å²) in [4.78, 5) is 4.55. The molecule has 0 atom stereocenters. The molecule has 1 aromatic rings. The van der Waals surface area contributed by atoms with Crippen molar-refractivity contribution in [2.24, 2.45) is 5.92 Å². The average Bonchev–Trinajstić information content (AvgIpc) is 2.73. The molecule has 0 spiro atoms. The Morgan fingerprint density at radius 2 is 2.00 bits per heavy atom. The summed E-state index contributed by atoms with van der Waals surface area (Å²) in [5.74, 6) is 3.07. The van der Waals surface area contributed by atoms with Crippen LogP contribution < -0.4 is 5.32 Å². The van der Waals surface area contributed by atoms with Gasteiger partial charge in [0.15, 0.2) is 5.82 Å². The van der Waals surface area contributed by atoms with E-state index in [1.165, 1.54) is 32.1 Å². The summed E-state index contributed by atoms with van der Waals surface area (Å²) in [6.07, 6.45) is 7.44. The predicted molar refractivity (Wildman–Crippen MR) is 60.2 cm³/mol. The number of aromatic nitrogens is 2. The second kappa shape index (κ2) is 4.53. The van der Waals surface area contributed by atoms with Gasteiger partial charge in [-0.3, -0.25) is 0 Å². The van der Waals surface area contributed by atoms with Crippen molar-refractivity contribution in [3.8, 4) is 0 Å². The molecule has 16 heavy (non-hydrogen) atoms. The van der Waals surface area contributed by atoms with Crippen LogP contribution in [0.5, 0.6) is 0 Å². The summed E-state index contributed by atoms with van der Waals surface area (Å²) in [7, 11) is 0. The van der Waals surface area contributed by atoms with Gasteiger partial charge in [-0.25, -0.2) is 0 Å². The minimum absolute atomic E-state index is 0.561. The van der Waals surface area contributed by atoms with Gasteiger partial charge in [0.05, 0.1) is 0 Å². The zero-order valence-electron chi connectivity index (χ0n) is 9.61. The van der Waals surface area contributed by atoms with Crippen LogP contribution >= 0.6 is 0 Å². The summed E-state index contributed by atoms with van der Waals surface area (Å²) >= 11 is 0. The largest absolute Gasteiger partial charge is 0.339 e. The van der Waals surface area contributed by atoms with Crippen molar-refractivity contribution in [2.75, 3.05) is 13.1 Å². The van der Waals surface area contributed by atoms with Gasteiger partial charge < -0.3 is 9.84 Å². The van der Waals surface area contributed by atoms with Crippen molar-refractivity contribution in [3.63, 3.8) is 0 Å². The predicted octanol–water partition coefficient (Wildman–Crippen LogP) is 1.88. The van der Waals surface area contributed by atoms with Gasteiger partial charge >= 0.3 is 0 Å². The maximum absolute atomic E-state index is 5.34. The Hall–Kier alpha value is -0.900. The molecule has 2 heterocycles. The van der Waals surface area contributed by atoms with E-state index in [9.17, 15) is 0 Å². The van der Waals surface area contributed by atoms with Gasteiger partial charge in [-0.15, -0.1) is 0 Å². The number of hydrogen-bond donors (Lipinski definition) is 1. The lowest BCUT2D eigenvalue weighted by molar-refractivity contribution is 0.293. The van der Waals surface area contributed by atoms with Gasteiger partial charge in [0, 0.05) is 12.3 Å². The molecule has 0 radical (unpaired) electrons. The van der Waals surface area contributed by atoms with Gasteiger partial charge in [-0.2, -0.15) is 4.98 Å². The van der Waals surface area contributed by atoms with E-state index in [4.69, 9.17) is 4.52 Å². The van der Waals surface area contributed by atoms with Crippen molar-refractivity contribution in [2.45, 2.75) is 44.4 Å². The van der Waals surface area contributed by atoms with Crippen molar-refractivity contribution in [3.05, 3.63) is 11.7 Å². The molecule has 88 valence electrons. The molecule has 4 nitrogen and oxygen atoms in total. The third kappa shape index (κ3) is 2.12. The molecule has 1 saturated heterocycles. The Morgan fingerprint density at radius 3 is 2.69 bits per heavy atom. The number of nitrogens with one attached hydrogen (secondary N) is 1. The van der Waals surface area contributed by atoms with Crippen LogP contribution in [0.15, 0.2) is 4.52 Å². The lowest BCUT2D eigenvalue weighted by Gasteiger charge is -2.25. The van der Waals surface area contributed by atoms with E-state index in [0.29, 0.717) is 11.8 Å². The molecule has 2 aliphatic rings. The van der Waals surface area contributed by atoms with Crippen molar-refractivity contribution in [1.29, 1.82) is 0 Å². The monoisotopic (exact) mass is 221 g/mol. The van der Waals surface area contributed by atoms with Crippen molar-refractivity contribution >= 4 is 0 Å². The number of hydrogen-bond acceptors (Lipinski definition) is 4. The summed E-state index contributed by atoms with van der Waals surface area (Å²) < 4.78 is 5.34. The highest BCUT2D eigenvalue weighted by molar-refractivity contribution is 4.98. The van der Waals surface area contributed by atoms with Gasteiger partial charge in [-0.05, 0) is 31.8 Å². The summed E-state index contributed by atoms with van der Waals surface area (Å²) in [6, 6.07) is 0. The van der Waals surface area contributed by atoms with Crippen LogP contribution in [-0.2, 0) is 6.42 Å². The number of nitrogens with zero attached hydrogens (tertiary/aromatic N) is 2. The SMILES string of the molecule is C1CCC(c2noc(CC3CNC3)n2)CC1. The second-order valence-corrected chi connectivity index (χ2v) is 5.11. The van der Waals surface area contributed by atoms with E-state index >= 15 is 0 Å². The molecule has 0 unspecified atom stereocenters. The van der Waals surface area contributed by atoms with Gasteiger partial charge in [0.25, 0.3) is 0 Å². The van der Waals surface area contributed by atoms with Crippen LogP contribution in [0, 0.1) is 5.92 Å². The lowest BCUT2D eigenvalue weighted by atomic mass is 9.89. The summed E-state index contributed by atoms with van der Waals surface area (Å²) in [6.45, 7) is 2.20. The van der Waals surface area contributed by atoms with Crippen LogP contribution in [-0.4, -0.2) is 23.2 Å². The minimum Gasteiger partial charge on any atom is -0.339 e. The normalized spacial score (nSPS) is 23.2. The van der Waals surface area contributed by atoms with Gasteiger partial charge in [0.2, 0.25) is 5.89 Å². The lowest BCUT2D eigenvalue weighted by Crippen LogP contribution is -2.43. The molecule has 1 saturated carbocycles. The van der Waals surface area contributed by atoms with Crippen molar-refractivity contribution < 1.29 is 4.52 Å². The first-order valence-electron chi connectivity index (χ1n) is 6.45. The van der Waals surface area contributed by atoms with E-state index < -0.39 is 0 Å². The topological polar surface area (TPSA) is 51.0 Å². The standard InChI is InChI=1S/C12H19N3O/c1-2-4-10(5-3-1)12-14-11(16-15-12)6-9-7-13-8-9/h9-10,13H,1-8H2. The minimum atomic E-state index is 0.561. The Bertz CT molecular complexity index is 340. The molecule has 2 fully saturated rings. The van der Waals surface area contributed by atoms with Crippen LogP contribution in [0.4, 0.5) is 0 Å². The van der Waals surface area contributed by atoms with Gasteiger partial charge in [0.1, 0.15) is 0 Å². The Labute approximate surface area is 95.8 Å². The van der Waals surface area contributed by atoms with Crippen LogP contribution in [0.2, 0.25) is 0 Å². The molecule has 0 bridgehead atoms. The Kier molecular flexibility index (Phi) is 2.91. The molecular formula is C12H19N3O. The molecule has 3 rings (SSSR count). The maximum atomic E-state index is 5.34. The molecule has 0 amide bonds. The van der Waals surface area contributed by atoms with E-state index in [2.05, 4.69) is 15.5 Å². The zero-order valence-corrected chi connectivity index (χ0v) is 9.61. The van der Waals surface area contributed by atoms with E-state index in [0.717, 1.165) is 31.2 Å². The first kappa shape index (κ1) is 10.3. The van der Waals surface area contributed by atoms with E-state index in [1.54, 1.807) is 0 Å². The molecule has 1 aromatic heterocycles. The number of rotatable bonds is 3. The molecular weight excluding hydrogens is 202 g/mol. The highest BCUT2D eigenvalue weighted by Gasteiger charge is 2.23. The molecule has 1 N–H and O–H groups in total. The van der Waals surface area contributed by atoms with Crippen molar-refractivity contribution in [1.82, 2.24) is 15.5 Å². The molecule has 1 aliphatic heterocycles. The van der Waals surface area contributed by atoms with E-state index in [-0.39, 0.29) is 0 Å². The molecule has 4 heteroatoms. The van der Waals surface area contributed by atoms with Crippen LogP contribution in [0.25, 0.3) is 0 Å². The fourth-order valence-corrected chi connectivity index (χ4v) is 2.62. The first-order chi connectivity index (χ1) is 7.92. The van der Waals surface area contributed by atoms with Gasteiger partial charge in [-0.1, -0.05) is 24.4 Å². The zero-order chi connectivity index (χ0) is 10.8. The quantitative estimate of drug-likeness (QED) is 0.846. The Morgan fingerprint density at radius 1 is 1.19 bits per heavy atom. The smallest absolute Gasteiger partial charge is 0.227 e. The Balaban J connectivity index is 1.61. The summed E-state index contributed by atoms with van der Waals surface area (Å²) in [5.41, 5.74) is 0. The second-order valence-electron chi connectivity index (χ2n) is 5.11. The fraction of sp³-hybridized carbons (Fsp3) is 0.833. The van der Waals surface area contributed by atoms with E-state index in [1.807, 2.05) is 0 Å². The average molecular weight is 221 g/mol. The highest BCUT2D eigenvalue weighted by atomic mass is 16.5. The van der Waals surface area contributed by atoms with Crippen LogP contribution in [0.3, 0.4) is 0 Å². The maximum Gasteiger partial charge on any atom is 0.227 e. The fourth-order valence-electron chi connectivity index (χ4n) is 2.62. The molecule has 1 aliphatic carbocycles. The van der Waals surface area contributed by atoms with Crippen LogP contribution in [0.1, 0.15) is 49.7 Å². The third-order valence-electron chi connectivity index (χ3n) is 3.78. The highest BCUT2D eigenvalue weighted by Crippen LogP contribution is 2.30. The summed E-state index contributed by atoms with van der Waals surface area (Å²) in [5, 5.41) is 7.41. The third-order valence-corrected chi connectivity index (χ3v) is 3.78.